The number of hydrogen-bond donors (Lipinski definition) is 1. The Kier molecular flexibility index (Phi) is 3.59. The Morgan fingerprint density at radius 1 is 1.24 bits per heavy atom. The molecular weight excluding hydrogens is 288 g/mol. The molecular formula is C15H18N2O3S. The van der Waals surface area contributed by atoms with Crippen molar-refractivity contribution < 1.29 is 13.2 Å². The SMILES string of the molecule is C=CCNS(=O)(=O)c1cc2c3c(c1)CCC(=O)N3CCC2. The predicted octanol–water partition coefficient (Wildman–Crippen LogP) is 1.38. The largest absolute Gasteiger partial charge is 0.312 e. The van der Waals surface area contributed by atoms with E-state index in [-0.39, 0.29) is 17.3 Å². The minimum absolute atomic E-state index is 0.142. The lowest BCUT2D eigenvalue weighted by atomic mass is 9.92. The molecule has 0 bridgehead atoms. The number of rotatable bonds is 4. The Morgan fingerprint density at radius 2 is 1.95 bits per heavy atom. The smallest absolute Gasteiger partial charge is 0.240 e. The van der Waals surface area contributed by atoms with Crippen molar-refractivity contribution in [3.8, 4) is 0 Å². The summed E-state index contributed by atoms with van der Waals surface area (Å²) in [6.45, 7) is 4.46. The molecule has 2 aliphatic rings. The quantitative estimate of drug-likeness (QED) is 0.855. The molecule has 1 N–H and O–H groups in total. The minimum Gasteiger partial charge on any atom is -0.312 e. The molecule has 0 radical (unpaired) electrons. The van der Waals surface area contributed by atoms with Gasteiger partial charge in [0.2, 0.25) is 15.9 Å². The van der Waals surface area contributed by atoms with E-state index in [2.05, 4.69) is 11.3 Å². The van der Waals surface area contributed by atoms with Crippen LogP contribution in [-0.4, -0.2) is 27.4 Å². The molecule has 112 valence electrons. The van der Waals surface area contributed by atoms with Gasteiger partial charge in [-0.25, -0.2) is 13.1 Å². The average Bonchev–Trinajstić information content (AvgIpc) is 2.48. The van der Waals surface area contributed by atoms with Crippen LogP contribution in [0.15, 0.2) is 29.7 Å². The van der Waals surface area contributed by atoms with E-state index in [1.165, 1.54) is 6.08 Å². The van der Waals surface area contributed by atoms with E-state index in [9.17, 15) is 13.2 Å². The zero-order valence-corrected chi connectivity index (χ0v) is 12.6. The van der Waals surface area contributed by atoms with Crippen LogP contribution in [0, 0.1) is 0 Å². The van der Waals surface area contributed by atoms with Gasteiger partial charge in [-0.1, -0.05) is 6.08 Å². The fraction of sp³-hybridized carbons (Fsp3) is 0.400. The highest BCUT2D eigenvalue weighted by Gasteiger charge is 2.31. The van der Waals surface area contributed by atoms with Crippen LogP contribution in [-0.2, 0) is 27.7 Å². The van der Waals surface area contributed by atoms with E-state index in [0.717, 1.165) is 36.2 Å². The van der Waals surface area contributed by atoms with Crippen LogP contribution in [0.1, 0.15) is 24.0 Å². The standard InChI is InChI=1S/C15H18N2O3S/c1-2-7-16-21(19,20)13-9-11-4-3-8-17-14(18)6-5-12(10-13)15(11)17/h2,9-10,16H,1,3-8H2. The zero-order chi connectivity index (χ0) is 15.0. The average molecular weight is 306 g/mol. The Hall–Kier alpha value is -1.66. The maximum absolute atomic E-state index is 12.3. The molecule has 0 atom stereocenters. The predicted molar refractivity (Wildman–Crippen MR) is 80.8 cm³/mol. The van der Waals surface area contributed by atoms with Gasteiger partial charge < -0.3 is 4.90 Å². The van der Waals surface area contributed by atoms with Gasteiger partial charge in [-0.05, 0) is 42.5 Å². The number of nitrogens with one attached hydrogen (secondary N) is 1. The summed E-state index contributed by atoms with van der Waals surface area (Å²) in [6.07, 6.45) is 4.28. The summed E-state index contributed by atoms with van der Waals surface area (Å²) in [6, 6.07) is 3.41. The fourth-order valence-electron chi connectivity index (χ4n) is 3.03. The molecule has 1 aromatic rings. The van der Waals surface area contributed by atoms with Crippen LogP contribution >= 0.6 is 0 Å². The molecule has 0 saturated heterocycles. The van der Waals surface area contributed by atoms with Gasteiger partial charge in [0, 0.05) is 19.5 Å². The number of amides is 1. The van der Waals surface area contributed by atoms with Crippen molar-refractivity contribution >= 4 is 21.6 Å². The topological polar surface area (TPSA) is 66.5 Å². The highest BCUT2D eigenvalue weighted by atomic mass is 32.2. The summed E-state index contributed by atoms with van der Waals surface area (Å²) in [4.78, 5) is 14.1. The maximum atomic E-state index is 12.3. The van der Waals surface area contributed by atoms with Crippen LogP contribution < -0.4 is 9.62 Å². The Balaban J connectivity index is 2.08. The van der Waals surface area contributed by atoms with Crippen molar-refractivity contribution in [2.24, 2.45) is 0 Å². The highest BCUT2D eigenvalue weighted by molar-refractivity contribution is 7.89. The molecule has 5 nitrogen and oxygen atoms in total. The van der Waals surface area contributed by atoms with Gasteiger partial charge in [0.15, 0.2) is 0 Å². The van der Waals surface area contributed by atoms with E-state index in [4.69, 9.17) is 0 Å². The second kappa shape index (κ2) is 5.27. The van der Waals surface area contributed by atoms with Gasteiger partial charge in [-0.3, -0.25) is 4.79 Å². The fourth-order valence-corrected chi connectivity index (χ4v) is 4.13. The zero-order valence-electron chi connectivity index (χ0n) is 11.8. The summed E-state index contributed by atoms with van der Waals surface area (Å²) < 4.78 is 27.0. The first-order valence-electron chi connectivity index (χ1n) is 7.09. The van der Waals surface area contributed by atoms with Gasteiger partial charge in [-0.15, -0.1) is 6.58 Å². The number of anilines is 1. The second-order valence-corrected chi connectivity index (χ2v) is 7.15. The normalized spacial score (nSPS) is 17.5. The van der Waals surface area contributed by atoms with Gasteiger partial charge in [0.05, 0.1) is 10.6 Å². The monoisotopic (exact) mass is 306 g/mol. The van der Waals surface area contributed by atoms with Crippen LogP contribution in [0.4, 0.5) is 5.69 Å². The van der Waals surface area contributed by atoms with Gasteiger partial charge in [-0.2, -0.15) is 0 Å². The van der Waals surface area contributed by atoms with Crippen molar-refractivity contribution in [3.63, 3.8) is 0 Å². The van der Waals surface area contributed by atoms with Crippen LogP contribution in [0.2, 0.25) is 0 Å². The first-order valence-corrected chi connectivity index (χ1v) is 8.58. The minimum atomic E-state index is -3.52. The first kappa shape index (κ1) is 14.3. The highest BCUT2D eigenvalue weighted by Crippen LogP contribution is 2.37. The lowest BCUT2D eigenvalue weighted by molar-refractivity contribution is -0.119. The Labute approximate surface area is 124 Å². The van der Waals surface area contributed by atoms with Crippen LogP contribution in [0.3, 0.4) is 0 Å². The van der Waals surface area contributed by atoms with Crippen molar-refractivity contribution in [3.05, 3.63) is 35.9 Å². The molecule has 0 aliphatic carbocycles. The summed E-state index contributed by atoms with van der Waals surface area (Å²) >= 11 is 0. The summed E-state index contributed by atoms with van der Waals surface area (Å²) in [7, 11) is -3.52. The van der Waals surface area contributed by atoms with Crippen LogP contribution in [0.25, 0.3) is 0 Å². The lowest BCUT2D eigenvalue weighted by Crippen LogP contribution is -2.39. The first-order chi connectivity index (χ1) is 10.0. The molecule has 0 fully saturated rings. The second-order valence-electron chi connectivity index (χ2n) is 5.38. The number of nitrogens with zero attached hydrogens (tertiary/aromatic N) is 1. The van der Waals surface area contributed by atoms with E-state index in [0.29, 0.717) is 12.8 Å². The van der Waals surface area contributed by atoms with Crippen LogP contribution in [0.5, 0.6) is 0 Å². The molecule has 1 amide bonds. The Morgan fingerprint density at radius 3 is 2.67 bits per heavy atom. The molecule has 2 heterocycles. The van der Waals surface area contributed by atoms with Gasteiger partial charge in [0.25, 0.3) is 0 Å². The lowest BCUT2D eigenvalue weighted by Gasteiger charge is -2.35. The van der Waals surface area contributed by atoms with Gasteiger partial charge in [0.1, 0.15) is 0 Å². The molecule has 21 heavy (non-hydrogen) atoms. The number of carbonyl (C=O) groups excluding carboxylic acids is 1. The van der Waals surface area contributed by atoms with Crippen molar-refractivity contribution in [1.82, 2.24) is 4.72 Å². The van der Waals surface area contributed by atoms with E-state index < -0.39 is 10.0 Å². The molecule has 0 unspecified atom stereocenters. The number of sulfonamides is 1. The number of carbonyl (C=O) groups is 1. The summed E-state index contributed by atoms with van der Waals surface area (Å²) in [5, 5.41) is 0. The van der Waals surface area contributed by atoms with Crippen molar-refractivity contribution in [2.75, 3.05) is 18.0 Å². The summed E-state index contributed by atoms with van der Waals surface area (Å²) in [5.41, 5.74) is 2.87. The number of aryl methyl sites for hydroxylation is 2. The number of benzene rings is 1. The maximum Gasteiger partial charge on any atom is 0.240 e. The van der Waals surface area contributed by atoms with Gasteiger partial charge >= 0.3 is 0 Å². The molecule has 0 aromatic heterocycles. The molecule has 0 saturated carbocycles. The van der Waals surface area contributed by atoms with Crippen molar-refractivity contribution in [2.45, 2.75) is 30.6 Å². The van der Waals surface area contributed by atoms with E-state index in [1.54, 1.807) is 12.1 Å². The van der Waals surface area contributed by atoms with E-state index >= 15 is 0 Å². The molecule has 0 spiro atoms. The van der Waals surface area contributed by atoms with E-state index in [1.807, 2.05) is 4.90 Å². The Bertz CT molecular complexity index is 693. The number of hydrogen-bond acceptors (Lipinski definition) is 3. The molecule has 2 aliphatic heterocycles. The molecule has 6 heteroatoms. The summed E-state index contributed by atoms with van der Waals surface area (Å²) in [5.74, 6) is 0.142. The molecule has 1 aromatic carbocycles. The van der Waals surface area contributed by atoms with Crippen molar-refractivity contribution in [1.29, 1.82) is 0 Å². The third-order valence-corrected chi connectivity index (χ3v) is 5.38. The molecule has 3 rings (SSSR count). The third kappa shape index (κ3) is 2.49. The third-order valence-electron chi connectivity index (χ3n) is 3.98.